The number of amidine groups is 1. The van der Waals surface area contributed by atoms with Gasteiger partial charge in [0.1, 0.15) is 5.82 Å². The highest BCUT2D eigenvalue weighted by molar-refractivity contribution is 5.97. The van der Waals surface area contributed by atoms with Crippen molar-refractivity contribution < 1.29 is 14.3 Å². The van der Waals surface area contributed by atoms with E-state index < -0.39 is 5.82 Å². The number of rotatable bonds is 3. The Kier molecular flexibility index (Phi) is 4.57. The molecule has 1 saturated heterocycles. The van der Waals surface area contributed by atoms with Gasteiger partial charge in [0.05, 0.1) is 12.2 Å². The number of nitrogens with two attached hydrogens (primary N) is 1. The van der Waals surface area contributed by atoms with E-state index in [1.165, 1.54) is 12.1 Å². The van der Waals surface area contributed by atoms with Crippen molar-refractivity contribution in [2.45, 2.75) is 32.6 Å². The summed E-state index contributed by atoms with van der Waals surface area (Å²) in [5, 5.41) is 11.6. The lowest BCUT2D eigenvalue weighted by Gasteiger charge is -2.35. The second-order valence-corrected chi connectivity index (χ2v) is 5.28. The van der Waals surface area contributed by atoms with Crippen molar-refractivity contribution in [2.24, 2.45) is 10.9 Å². The molecule has 110 valence electrons. The molecule has 1 fully saturated rings. The van der Waals surface area contributed by atoms with Crippen molar-refractivity contribution in [3.63, 3.8) is 0 Å². The van der Waals surface area contributed by atoms with E-state index in [0.29, 0.717) is 12.1 Å². The maximum atomic E-state index is 13.6. The minimum Gasteiger partial charge on any atom is -0.409 e. The first-order valence-electron chi connectivity index (χ1n) is 6.63. The third kappa shape index (κ3) is 3.68. The van der Waals surface area contributed by atoms with Crippen LogP contribution in [-0.2, 0) is 11.3 Å². The van der Waals surface area contributed by atoms with Crippen LogP contribution in [-0.4, -0.2) is 41.2 Å². The zero-order valence-electron chi connectivity index (χ0n) is 11.7. The Morgan fingerprint density at radius 2 is 2.05 bits per heavy atom. The lowest BCUT2D eigenvalue weighted by atomic mass is 10.1. The maximum absolute atomic E-state index is 13.6. The smallest absolute Gasteiger partial charge is 0.170 e. The SMILES string of the molecule is CC1CN(Cc2cc(F)cc(/C(N)=N/O)c2)CC(C)O1. The van der Waals surface area contributed by atoms with E-state index in [2.05, 4.69) is 10.1 Å². The second-order valence-electron chi connectivity index (χ2n) is 5.28. The van der Waals surface area contributed by atoms with E-state index in [-0.39, 0.29) is 18.0 Å². The first-order valence-corrected chi connectivity index (χ1v) is 6.63. The minimum absolute atomic E-state index is 0.0885. The number of hydrogen-bond acceptors (Lipinski definition) is 4. The molecule has 1 aliphatic rings. The molecule has 1 aliphatic heterocycles. The van der Waals surface area contributed by atoms with Crippen LogP contribution in [0.3, 0.4) is 0 Å². The number of nitrogens with zero attached hydrogens (tertiary/aromatic N) is 2. The predicted octanol–water partition coefficient (Wildman–Crippen LogP) is 1.53. The van der Waals surface area contributed by atoms with Gasteiger partial charge >= 0.3 is 0 Å². The van der Waals surface area contributed by atoms with Crippen LogP contribution >= 0.6 is 0 Å². The monoisotopic (exact) mass is 281 g/mol. The maximum Gasteiger partial charge on any atom is 0.170 e. The molecule has 0 aromatic heterocycles. The lowest BCUT2D eigenvalue weighted by Crippen LogP contribution is -2.44. The number of oxime groups is 1. The molecule has 6 heteroatoms. The van der Waals surface area contributed by atoms with Crippen LogP contribution in [0.4, 0.5) is 4.39 Å². The van der Waals surface area contributed by atoms with Crippen molar-refractivity contribution >= 4 is 5.84 Å². The number of benzene rings is 1. The third-order valence-electron chi connectivity index (χ3n) is 3.26. The standard InChI is InChI=1S/C14H20FN3O2/c1-9-6-18(7-10(2)20-9)8-11-3-12(14(16)17-19)5-13(15)4-11/h3-5,9-10,19H,6-8H2,1-2H3,(H2,16,17). The van der Waals surface area contributed by atoms with Gasteiger partial charge in [0.15, 0.2) is 5.84 Å². The molecular weight excluding hydrogens is 261 g/mol. The molecule has 0 bridgehead atoms. The minimum atomic E-state index is -0.390. The highest BCUT2D eigenvalue weighted by Crippen LogP contribution is 2.16. The van der Waals surface area contributed by atoms with Gasteiger partial charge in [0, 0.05) is 25.2 Å². The number of hydrogen-bond donors (Lipinski definition) is 2. The molecule has 0 saturated carbocycles. The summed E-state index contributed by atoms with van der Waals surface area (Å²) in [6.45, 7) is 6.27. The molecule has 0 radical (unpaired) electrons. The van der Waals surface area contributed by atoms with Gasteiger partial charge < -0.3 is 15.7 Å². The van der Waals surface area contributed by atoms with Crippen molar-refractivity contribution in [3.05, 3.63) is 35.1 Å². The van der Waals surface area contributed by atoms with E-state index >= 15 is 0 Å². The summed E-state index contributed by atoms with van der Waals surface area (Å²) < 4.78 is 19.3. The summed E-state index contributed by atoms with van der Waals surface area (Å²) in [7, 11) is 0. The van der Waals surface area contributed by atoms with Gasteiger partial charge in [-0.25, -0.2) is 4.39 Å². The molecule has 3 N–H and O–H groups in total. The molecule has 20 heavy (non-hydrogen) atoms. The van der Waals surface area contributed by atoms with Gasteiger partial charge in [0.2, 0.25) is 0 Å². The second kappa shape index (κ2) is 6.19. The van der Waals surface area contributed by atoms with Crippen molar-refractivity contribution in [2.75, 3.05) is 13.1 Å². The van der Waals surface area contributed by atoms with Gasteiger partial charge in [-0.1, -0.05) is 5.16 Å². The van der Waals surface area contributed by atoms with E-state index in [9.17, 15) is 4.39 Å². The van der Waals surface area contributed by atoms with Gasteiger partial charge in [-0.3, -0.25) is 4.90 Å². The normalized spacial score (nSPS) is 24.9. The average molecular weight is 281 g/mol. The van der Waals surface area contributed by atoms with Gasteiger partial charge in [0.25, 0.3) is 0 Å². The molecular formula is C14H20FN3O2. The van der Waals surface area contributed by atoms with Crippen LogP contribution in [0.2, 0.25) is 0 Å². The van der Waals surface area contributed by atoms with Crippen LogP contribution in [0.1, 0.15) is 25.0 Å². The zero-order chi connectivity index (χ0) is 14.7. The van der Waals surface area contributed by atoms with E-state index in [1.54, 1.807) is 6.07 Å². The molecule has 1 aromatic rings. The first-order chi connectivity index (χ1) is 9.47. The Hall–Kier alpha value is -1.66. The van der Waals surface area contributed by atoms with E-state index in [0.717, 1.165) is 18.7 Å². The number of ether oxygens (including phenoxy) is 1. The first kappa shape index (κ1) is 14.7. The predicted molar refractivity (Wildman–Crippen MR) is 74.2 cm³/mol. The molecule has 2 unspecified atom stereocenters. The van der Waals surface area contributed by atoms with Crippen molar-refractivity contribution in [1.29, 1.82) is 0 Å². The Labute approximate surface area is 117 Å². The summed E-state index contributed by atoms with van der Waals surface area (Å²) in [4.78, 5) is 2.21. The topological polar surface area (TPSA) is 71.1 Å². The Morgan fingerprint density at radius 1 is 1.40 bits per heavy atom. The van der Waals surface area contributed by atoms with Crippen LogP contribution in [0.15, 0.2) is 23.4 Å². The molecule has 1 aromatic carbocycles. The van der Waals surface area contributed by atoms with E-state index in [1.807, 2.05) is 13.8 Å². The fourth-order valence-corrected chi connectivity index (χ4v) is 2.62. The quantitative estimate of drug-likeness (QED) is 0.381. The fourth-order valence-electron chi connectivity index (χ4n) is 2.62. The Balaban J connectivity index is 2.14. The van der Waals surface area contributed by atoms with Crippen LogP contribution in [0.5, 0.6) is 0 Å². The van der Waals surface area contributed by atoms with Gasteiger partial charge in [-0.15, -0.1) is 0 Å². The van der Waals surface area contributed by atoms with Gasteiger partial charge in [-0.05, 0) is 37.6 Å². The highest BCUT2D eigenvalue weighted by atomic mass is 19.1. The van der Waals surface area contributed by atoms with Crippen LogP contribution in [0.25, 0.3) is 0 Å². The largest absolute Gasteiger partial charge is 0.409 e. The molecule has 2 atom stereocenters. The highest BCUT2D eigenvalue weighted by Gasteiger charge is 2.22. The summed E-state index contributed by atoms with van der Waals surface area (Å²) in [6.07, 6.45) is 0.326. The van der Waals surface area contributed by atoms with Crippen molar-refractivity contribution in [3.8, 4) is 0 Å². The number of morpholine rings is 1. The molecule has 5 nitrogen and oxygen atoms in total. The molecule has 0 spiro atoms. The molecule has 0 aliphatic carbocycles. The average Bonchev–Trinajstić information content (AvgIpc) is 2.35. The summed E-state index contributed by atoms with van der Waals surface area (Å²) >= 11 is 0. The van der Waals surface area contributed by atoms with Crippen molar-refractivity contribution in [1.82, 2.24) is 4.90 Å². The zero-order valence-corrected chi connectivity index (χ0v) is 11.7. The molecule has 2 rings (SSSR count). The Morgan fingerprint density at radius 3 is 2.65 bits per heavy atom. The third-order valence-corrected chi connectivity index (χ3v) is 3.26. The van der Waals surface area contributed by atoms with E-state index in [4.69, 9.17) is 15.7 Å². The fraction of sp³-hybridized carbons (Fsp3) is 0.500. The Bertz CT molecular complexity index is 497. The summed E-state index contributed by atoms with van der Waals surface area (Å²) in [5.41, 5.74) is 6.69. The summed E-state index contributed by atoms with van der Waals surface area (Å²) in [5.74, 6) is -0.479. The lowest BCUT2D eigenvalue weighted by molar-refractivity contribution is -0.0705. The molecule has 0 amide bonds. The van der Waals surface area contributed by atoms with Crippen LogP contribution < -0.4 is 5.73 Å². The summed E-state index contributed by atoms with van der Waals surface area (Å²) in [6, 6.07) is 4.46. The number of halogens is 1. The molecule has 1 heterocycles. The van der Waals surface area contributed by atoms with Gasteiger partial charge in [-0.2, -0.15) is 0 Å². The van der Waals surface area contributed by atoms with Crippen LogP contribution in [0, 0.1) is 5.82 Å².